The van der Waals surface area contributed by atoms with Gasteiger partial charge in [-0.3, -0.25) is 18.8 Å². The van der Waals surface area contributed by atoms with E-state index in [0.29, 0.717) is 5.65 Å². The molecule has 2 rings (SSSR count). The van der Waals surface area contributed by atoms with Gasteiger partial charge in [0, 0.05) is 17.9 Å². The summed E-state index contributed by atoms with van der Waals surface area (Å²) in [7, 11) is 0. The summed E-state index contributed by atoms with van der Waals surface area (Å²) in [5, 5.41) is 11.3. The largest absolute Gasteiger partial charge is 0.481 e. The number of aromatic nitrogens is 2. The van der Waals surface area contributed by atoms with Gasteiger partial charge in [-0.2, -0.15) is 0 Å². The maximum atomic E-state index is 12.2. The van der Waals surface area contributed by atoms with Crippen molar-refractivity contribution in [3.8, 4) is 0 Å². The molecule has 2 aromatic heterocycles. The monoisotopic (exact) mass is 289 g/mol. The molecule has 0 aromatic carbocycles. The van der Waals surface area contributed by atoms with Gasteiger partial charge in [0.05, 0.1) is 6.42 Å². The highest BCUT2D eigenvalue weighted by molar-refractivity contribution is 5.94. The van der Waals surface area contributed by atoms with Crippen LogP contribution in [0.4, 0.5) is 0 Å². The van der Waals surface area contributed by atoms with Gasteiger partial charge >= 0.3 is 5.97 Å². The fraction of sp³-hybridized carbons (Fsp3) is 0.286. The number of carboxylic acid groups (broad SMARTS) is 1. The predicted molar refractivity (Wildman–Crippen MR) is 75.3 cm³/mol. The van der Waals surface area contributed by atoms with E-state index in [1.54, 1.807) is 32.0 Å². The first-order chi connectivity index (χ1) is 9.80. The van der Waals surface area contributed by atoms with E-state index in [4.69, 9.17) is 5.11 Å². The molecule has 2 N–H and O–H groups in total. The number of rotatable bonds is 4. The Bertz CT molecular complexity index is 764. The van der Waals surface area contributed by atoms with Crippen molar-refractivity contribution in [2.75, 3.05) is 0 Å². The number of carbonyl (C=O) groups excluding carboxylic acids is 1. The Morgan fingerprint density at radius 2 is 2.10 bits per heavy atom. The third-order valence-electron chi connectivity index (χ3n) is 2.90. The summed E-state index contributed by atoms with van der Waals surface area (Å²) < 4.78 is 1.26. The Balaban J connectivity index is 2.34. The smallest absolute Gasteiger partial charge is 0.305 e. The minimum absolute atomic E-state index is 0.128. The summed E-state index contributed by atoms with van der Waals surface area (Å²) in [5.41, 5.74) is -1.16. The molecule has 0 radical (unpaired) electrons. The summed E-state index contributed by atoms with van der Waals surface area (Å²) in [5.74, 6) is -1.68. The molecule has 7 nitrogen and oxygen atoms in total. The third kappa shape index (κ3) is 3.25. The molecule has 0 saturated heterocycles. The molecule has 1 amide bonds. The molecule has 0 atom stereocenters. The minimum Gasteiger partial charge on any atom is -0.481 e. The molecule has 0 aliphatic rings. The molecule has 110 valence electrons. The zero-order chi connectivity index (χ0) is 15.6. The van der Waals surface area contributed by atoms with Crippen molar-refractivity contribution in [2.45, 2.75) is 25.8 Å². The molecule has 2 aromatic rings. The normalized spacial score (nSPS) is 11.3. The number of nitrogens with zero attached hydrogens (tertiary/aromatic N) is 2. The molecule has 0 spiro atoms. The number of pyridine rings is 1. The maximum absolute atomic E-state index is 12.2. The molecule has 0 aliphatic carbocycles. The van der Waals surface area contributed by atoms with Gasteiger partial charge in [0.1, 0.15) is 11.2 Å². The zero-order valence-corrected chi connectivity index (χ0v) is 11.7. The number of carboxylic acids is 1. The molecule has 7 heteroatoms. The number of fused-ring (bicyclic) bond motifs is 1. The van der Waals surface area contributed by atoms with Gasteiger partial charge in [-0.05, 0) is 26.0 Å². The standard InChI is InChI=1S/C14H15N3O4/c1-14(2,7-11(18)19)16-12(20)9-8-15-10-5-3-4-6-17(10)13(9)21/h3-6,8H,7H2,1-2H3,(H,16,20)(H,18,19). The topological polar surface area (TPSA) is 101 Å². The first-order valence-corrected chi connectivity index (χ1v) is 6.31. The van der Waals surface area contributed by atoms with Gasteiger partial charge in [0.2, 0.25) is 0 Å². The first kappa shape index (κ1) is 14.7. The lowest BCUT2D eigenvalue weighted by atomic mass is 10.0. The predicted octanol–water partition coefficient (Wildman–Crippen LogP) is 0.678. The van der Waals surface area contributed by atoms with Gasteiger partial charge in [-0.25, -0.2) is 4.98 Å². The van der Waals surface area contributed by atoms with Crippen LogP contribution in [0.25, 0.3) is 5.65 Å². The summed E-state index contributed by atoms with van der Waals surface area (Å²) >= 11 is 0. The Hall–Kier alpha value is -2.70. The second-order valence-corrected chi connectivity index (χ2v) is 5.31. The van der Waals surface area contributed by atoms with Gasteiger partial charge in [0.25, 0.3) is 11.5 Å². The van der Waals surface area contributed by atoms with Crippen LogP contribution < -0.4 is 10.9 Å². The lowest BCUT2D eigenvalue weighted by Gasteiger charge is -2.24. The van der Waals surface area contributed by atoms with Crippen LogP contribution in [0.2, 0.25) is 0 Å². The van der Waals surface area contributed by atoms with Crippen LogP contribution >= 0.6 is 0 Å². The SMILES string of the molecule is CC(C)(CC(=O)O)NC(=O)c1cnc2ccccn2c1=O. The van der Waals surface area contributed by atoms with E-state index in [9.17, 15) is 14.4 Å². The Morgan fingerprint density at radius 3 is 2.76 bits per heavy atom. The summed E-state index contributed by atoms with van der Waals surface area (Å²) in [6.07, 6.45) is 2.47. The van der Waals surface area contributed by atoms with E-state index in [0.717, 1.165) is 0 Å². The summed E-state index contributed by atoms with van der Waals surface area (Å²) in [6.45, 7) is 3.15. The minimum atomic E-state index is -1.03. The van der Waals surface area contributed by atoms with Crippen LogP contribution in [0.15, 0.2) is 35.4 Å². The van der Waals surface area contributed by atoms with Crippen LogP contribution in [0.5, 0.6) is 0 Å². The molecule has 0 bridgehead atoms. The number of hydrogen-bond donors (Lipinski definition) is 2. The number of hydrogen-bond acceptors (Lipinski definition) is 4. The van der Waals surface area contributed by atoms with Gasteiger partial charge in [0.15, 0.2) is 0 Å². The third-order valence-corrected chi connectivity index (χ3v) is 2.90. The van der Waals surface area contributed by atoms with Crippen LogP contribution in [-0.4, -0.2) is 31.9 Å². The van der Waals surface area contributed by atoms with Crippen molar-refractivity contribution in [2.24, 2.45) is 0 Å². The molecular weight excluding hydrogens is 274 g/mol. The van der Waals surface area contributed by atoms with Crippen molar-refractivity contribution in [3.63, 3.8) is 0 Å². The number of nitrogens with one attached hydrogen (secondary N) is 1. The molecule has 21 heavy (non-hydrogen) atoms. The molecule has 0 aliphatic heterocycles. The molecule has 2 heterocycles. The van der Waals surface area contributed by atoms with E-state index in [2.05, 4.69) is 10.3 Å². The fourth-order valence-electron chi connectivity index (χ4n) is 1.98. The first-order valence-electron chi connectivity index (χ1n) is 6.31. The highest BCUT2D eigenvalue weighted by Gasteiger charge is 2.25. The highest BCUT2D eigenvalue weighted by Crippen LogP contribution is 2.09. The molecule has 0 saturated carbocycles. The van der Waals surface area contributed by atoms with E-state index >= 15 is 0 Å². The maximum Gasteiger partial charge on any atom is 0.305 e. The van der Waals surface area contributed by atoms with Crippen molar-refractivity contribution in [1.29, 1.82) is 0 Å². The quantitative estimate of drug-likeness (QED) is 0.862. The van der Waals surface area contributed by atoms with E-state index in [1.165, 1.54) is 16.8 Å². The highest BCUT2D eigenvalue weighted by atomic mass is 16.4. The number of aliphatic carboxylic acids is 1. The van der Waals surface area contributed by atoms with E-state index in [1.807, 2.05) is 0 Å². The average Bonchev–Trinajstić information content (AvgIpc) is 2.37. The summed E-state index contributed by atoms with van der Waals surface area (Å²) in [6, 6.07) is 5.04. The van der Waals surface area contributed by atoms with Crippen LogP contribution in [0, 0.1) is 0 Å². The Kier molecular flexibility index (Phi) is 3.75. The van der Waals surface area contributed by atoms with Crippen molar-refractivity contribution < 1.29 is 14.7 Å². The van der Waals surface area contributed by atoms with E-state index in [-0.39, 0.29) is 12.0 Å². The van der Waals surface area contributed by atoms with Gasteiger partial charge in [-0.1, -0.05) is 6.07 Å². The molecule has 0 unspecified atom stereocenters. The van der Waals surface area contributed by atoms with Gasteiger partial charge in [-0.15, -0.1) is 0 Å². The lowest BCUT2D eigenvalue weighted by Crippen LogP contribution is -2.46. The average molecular weight is 289 g/mol. The van der Waals surface area contributed by atoms with Crippen molar-refractivity contribution in [1.82, 2.24) is 14.7 Å². The zero-order valence-electron chi connectivity index (χ0n) is 11.7. The van der Waals surface area contributed by atoms with Crippen LogP contribution in [0.1, 0.15) is 30.6 Å². The number of amides is 1. The second kappa shape index (κ2) is 5.35. The van der Waals surface area contributed by atoms with Crippen LogP contribution in [0.3, 0.4) is 0 Å². The van der Waals surface area contributed by atoms with E-state index < -0.39 is 23.0 Å². The van der Waals surface area contributed by atoms with Gasteiger partial charge < -0.3 is 10.4 Å². The Morgan fingerprint density at radius 1 is 1.38 bits per heavy atom. The molecular formula is C14H15N3O4. The fourth-order valence-corrected chi connectivity index (χ4v) is 1.98. The lowest BCUT2D eigenvalue weighted by molar-refractivity contribution is -0.138. The number of carbonyl (C=O) groups is 2. The second-order valence-electron chi connectivity index (χ2n) is 5.31. The van der Waals surface area contributed by atoms with Crippen molar-refractivity contribution in [3.05, 3.63) is 46.5 Å². The molecule has 0 fully saturated rings. The van der Waals surface area contributed by atoms with Crippen molar-refractivity contribution >= 4 is 17.5 Å². The van der Waals surface area contributed by atoms with Crippen LogP contribution in [-0.2, 0) is 4.79 Å². The summed E-state index contributed by atoms with van der Waals surface area (Å²) in [4.78, 5) is 39.2. The Labute approximate surface area is 120 Å².